The van der Waals surface area contributed by atoms with E-state index in [4.69, 9.17) is 16.4 Å². The lowest BCUT2D eigenvalue weighted by molar-refractivity contribution is 0.131. The van der Waals surface area contributed by atoms with E-state index in [2.05, 4.69) is 34.4 Å². The zero-order valence-electron chi connectivity index (χ0n) is 14.6. The van der Waals surface area contributed by atoms with Crippen molar-refractivity contribution >= 4 is 28.1 Å². The second kappa shape index (κ2) is 8.06. The van der Waals surface area contributed by atoms with Gasteiger partial charge in [-0.2, -0.15) is 0 Å². The molecule has 134 valence electrons. The van der Waals surface area contributed by atoms with Gasteiger partial charge in [-0.25, -0.2) is 4.98 Å². The summed E-state index contributed by atoms with van der Waals surface area (Å²) in [5.41, 5.74) is 2.88. The molecule has 4 aromatic rings. The smallest absolute Gasteiger partial charge is 0.142 e. The van der Waals surface area contributed by atoms with Crippen molar-refractivity contribution in [1.82, 2.24) is 9.55 Å². The van der Waals surface area contributed by atoms with E-state index >= 15 is 0 Å². The van der Waals surface area contributed by atoms with Gasteiger partial charge in [0.05, 0.1) is 12.9 Å². The predicted octanol–water partition coefficient (Wildman–Crippen LogP) is 5.31. The molecule has 0 fully saturated rings. The first-order valence-electron chi connectivity index (χ1n) is 8.67. The number of fused-ring (bicyclic) bond motifs is 1. The third-order valence-corrected chi connectivity index (χ3v) is 4.60. The SMILES string of the molecule is Clc1ccc(/C(Cn2ccnc2)=N/OCc2cccc3ccccc23)cc1. The van der Waals surface area contributed by atoms with Crippen molar-refractivity contribution in [3.63, 3.8) is 0 Å². The fourth-order valence-corrected chi connectivity index (χ4v) is 3.09. The van der Waals surface area contributed by atoms with E-state index in [1.165, 1.54) is 10.8 Å². The molecule has 4 rings (SSSR count). The molecule has 0 aliphatic carbocycles. The van der Waals surface area contributed by atoms with Gasteiger partial charge in [0.25, 0.3) is 0 Å². The highest BCUT2D eigenvalue weighted by Gasteiger charge is 2.07. The average Bonchev–Trinajstić information content (AvgIpc) is 3.21. The van der Waals surface area contributed by atoms with Gasteiger partial charge in [-0.15, -0.1) is 0 Å². The molecule has 4 nitrogen and oxygen atoms in total. The maximum Gasteiger partial charge on any atom is 0.142 e. The van der Waals surface area contributed by atoms with Crippen LogP contribution in [0.1, 0.15) is 11.1 Å². The predicted molar refractivity (Wildman–Crippen MR) is 109 cm³/mol. The molecular formula is C22H18ClN3O. The van der Waals surface area contributed by atoms with Gasteiger partial charge in [0, 0.05) is 23.0 Å². The Balaban J connectivity index is 1.57. The first-order chi connectivity index (χ1) is 13.3. The molecule has 0 N–H and O–H groups in total. The average molecular weight is 376 g/mol. The van der Waals surface area contributed by atoms with Crippen molar-refractivity contribution in [1.29, 1.82) is 0 Å². The highest BCUT2D eigenvalue weighted by atomic mass is 35.5. The lowest BCUT2D eigenvalue weighted by Crippen LogP contribution is -2.11. The maximum atomic E-state index is 6.01. The Kier molecular flexibility index (Phi) is 5.17. The normalized spacial score (nSPS) is 11.7. The van der Waals surface area contributed by atoms with Crippen LogP contribution in [0.4, 0.5) is 0 Å². The van der Waals surface area contributed by atoms with E-state index in [1.807, 2.05) is 53.2 Å². The van der Waals surface area contributed by atoms with Crippen LogP contribution in [0.5, 0.6) is 0 Å². The Bertz CT molecular complexity index is 1050. The summed E-state index contributed by atoms with van der Waals surface area (Å²) in [4.78, 5) is 9.84. The number of imidazole rings is 1. The van der Waals surface area contributed by atoms with Crippen LogP contribution in [0.2, 0.25) is 5.02 Å². The Labute approximate surface area is 162 Å². The fraction of sp³-hybridized carbons (Fsp3) is 0.0909. The molecule has 0 unspecified atom stereocenters. The molecule has 0 saturated carbocycles. The van der Waals surface area contributed by atoms with Crippen molar-refractivity contribution in [2.75, 3.05) is 0 Å². The van der Waals surface area contributed by atoms with E-state index in [9.17, 15) is 0 Å². The molecule has 3 aromatic carbocycles. The van der Waals surface area contributed by atoms with Crippen LogP contribution in [0.3, 0.4) is 0 Å². The number of hydrogen-bond acceptors (Lipinski definition) is 3. The van der Waals surface area contributed by atoms with Crippen LogP contribution in [0.15, 0.2) is 90.6 Å². The molecule has 0 amide bonds. The minimum atomic E-state index is 0.405. The number of hydrogen-bond donors (Lipinski definition) is 0. The molecular weight excluding hydrogens is 358 g/mol. The summed E-state index contributed by atoms with van der Waals surface area (Å²) in [5, 5.41) is 7.49. The summed E-state index contributed by atoms with van der Waals surface area (Å²) < 4.78 is 1.95. The molecule has 0 bridgehead atoms. The van der Waals surface area contributed by atoms with Gasteiger partial charge >= 0.3 is 0 Å². The molecule has 0 spiro atoms. The van der Waals surface area contributed by atoms with E-state index in [0.717, 1.165) is 16.8 Å². The summed E-state index contributed by atoms with van der Waals surface area (Å²) in [6, 6.07) is 22.1. The van der Waals surface area contributed by atoms with Crippen LogP contribution >= 0.6 is 11.6 Å². The number of nitrogens with zero attached hydrogens (tertiary/aromatic N) is 3. The molecule has 27 heavy (non-hydrogen) atoms. The van der Waals surface area contributed by atoms with Crippen LogP contribution in [-0.2, 0) is 18.0 Å². The zero-order chi connectivity index (χ0) is 18.5. The Hall–Kier alpha value is -3.11. The molecule has 1 heterocycles. The second-order valence-corrected chi connectivity index (χ2v) is 6.63. The summed E-state index contributed by atoms with van der Waals surface area (Å²) >= 11 is 6.01. The van der Waals surface area contributed by atoms with Gasteiger partial charge in [0.15, 0.2) is 0 Å². The van der Waals surface area contributed by atoms with Crippen molar-refractivity contribution in [3.05, 3.63) is 102 Å². The van der Waals surface area contributed by atoms with E-state index in [1.54, 1.807) is 12.5 Å². The monoisotopic (exact) mass is 375 g/mol. The largest absolute Gasteiger partial charge is 0.391 e. The topological polar surface area (TPSA) is 39.4 Å². The van der Waals surface area contributed by atoms with Crippen LogP contribution < -0.4 is 0 Å². The standard InChI is InChI=1S/C22H18ClN3O/c23-20-10-8-18(9-11-20)22(14-26-13-12-24-16-26)25-27-15-19-6-3-5-17-4-1-2-7-21(17)19/h1-13,16H,14-15H2/b25-22+. The highest BCUT2D eigenvalue weighted by Crippen LogP contribution is 2.19. The summed E-state index contributed by atoms with van der Waals surface area (Å²) in [6.07, 6.45) is 5.41. The first kappa shape index (κ1) is 17.3. The maximum absolute atomic E-state index is 6.01. The fourth-order valence-electron chi connectivity index (χ4n) is 2.97. The summed E-state index contributed by atoms with van der Waals surface area (Å²) in [5.74, 6) is 0. The van der Waals surface area contributed by atoms with Gasteiger partial charge < -0.3 is 9.40 Å². The third-order valence-electron chi connectivity index (χ3n) is 4.34. The molecule has 0 radical (unpaired) electrons. The molecule has 0 saturated heterocycles. The van der Waals surface area contributed by atoms with Crippen LogP contribution in [0, 0.1) is 0 Å². The second-order valence-electron chi connectivity index (χ2n) is 6.19. The Morgan fingerprint density at radius 3 is 2.63 bits per heavy atom. The summed E-state index contributed by atoms with van der Waals surface area (Å²) in [6.45, 7) is 0.972. The van der Waals surface area contributed by atoms with Gasteiger partial charge in [-0.05, 0) is 28.5 Å². The quantitative estimate of drug-likeness (QED) is 0.338. The number of oxime groups is 1. The van der Waals surface area contributed by atoms with Crippen LogP contribution in [0.25, 0.3) is 10.8 Å². The van der Waals surface area contributed by atoms with Gasteiger partial charge in [-0.3, -0.25) is 0 Å². The minimum absolute atomic E-state index is 0.405. The number of benzene rings is 3. The summed E-state index contributed by atoms with van der Waals surface area (Å²) in [7, 11) is 0. The van der Waals surface area contributed by atoms with Crippen molar-refractivity contribution < 1.29 is 4.84 Å². The molecule has 0 aliphatic rings. The van der Waals surface area contributed by atoms with Crippen molar-refractivity contribution in [2.45, 2.75) is 13.2 Å². The van der Waals surface area contributed by atoms with Crippen LogP contribution in [-0.4, -0.2) is 15.3 Å². The zero-order valence-corrected chi connectivity index (χ0v) is 15.4. The lowest BCUT2D eigenvalue weighted by Gasteiger charge is -2.09. The van der Waals surface area contributed by atoms with Crippen molar-refractivity contribution in [2.24, 2.45) is 5.16 Å². The number of rotatable bonds is 6. The van der Waals surface area contributed by atoms with E-state index < -0.39 is 0 Å². The Morgan fingerprint density at radius 2 is 1.81 bits per heavy atom. The molecule has 0 aliphatic heterocycles. The van der Waals surface area contributed by atoms with E-state index in [0.29, 0.717) is 18.2 Å². The van der Waals surface area contributed by atoms with E-state index in [-0.39, 0.29) is 0 Å². The number of aromatic nitrogens is 2. The minimum Gasteiger partial charge on any atom is -0.391 e. The van der Waals surface area contributed by atoms with Gasteiger partial charge in [-0.1, -0.05) is 71.4 Å². The first-order valence-corrected chi connectivity index (χ1v) is 9.04. The van der Waals surface area contributed by atoms with Gasteiger partial charge in [0.1, 0.15) is 12.3 Å². The van der Waals surface area contributed by atoms with Gasteiger partial charge in [0.2, 0.25) is 0 Å². The Morgan fingerprint density at radius 1 is 1.00 bits per heavy atom. The molecule has 5 heteroatoms. The molecule has 0 atom stereocenters. The lowest BCUT2D eigenvalue weighted by atomic mass is 10.1. The van der Waals surface area contributed by atoms with Crippen molar-refractivity contribution in [3.8, 4) is 0 Å². The highest BCUT2D eigenvalue weighted by molar-refractivity contribution is 6.30. The third kappa shape index (κ3) is 4.18. The molecule has 1 aromatic heterocycles. The number of halogens is 1.